The van der Waals surface area contributed by atoms with Crippen LogP contribution in [-0.2, 0) is 0 Å². The average molecular weight is 272 g/mol. The molecule has 1 rings (SSSR count). The van der Waals surface area contributed by atoms with Crippen LogP contribution in [0.3, 0.4) is 0 Å². The monoisotopic (exact) mass is 272 g/mol. The maximum atomic E-state index is 11.6. The molecule has 0 bridgehead atoms. The van der Waals surface area contributed by atoms with Gasteiger partial charge in [-0.1, -0.05) is 0 Å². The topological polar surface area (TPSA) is 35.0 Å². The number of aromatic nitrogens is 2. The number of alkyl halides is 2. The SMILES string of the molecule is FC(F)Oc1nccnc1I. The highest BCUT2D eigenvalue weighted by Crippen LogP contribution is 2.15. The zero-order valence-corrected chi connectivity index (χ0v) is 7.33. The third-order valence-corrected chi connectivity index (χ3v) is 1.56. The van der Waals surface area contributed by atoms with Crippen molar-refractivity contribution < 1.29 is 13.5 Å². The second kappa shape index (κ2) is 3.74. The molecule has 0 N–H and O–H groups in total. The first-order chi connectivity index (χ1) is 5.20. The fourth-order valence-electron chi connectivity index (χ4n) is 0.472. The van der Waals surface area contributed by atoms with Crippen molar-refractivity contribution in [3.8, 4) is 5.88 Å². The lowest BCUT2D eigenvalue weighted by Crippen LogP contribution is -2.05. The van der Waals surface area contributed by atoms with Gasteiger partial charge in [0.25, 0.3) is 5.88 Å². The van der Waals surface area contributed by atoms with Gasteiger partial charge in [0.05, 0.1) is 0 Å². The molecule has 0 aromatic carbocycles. The largest absolute Gasteiger partial charge is 0.414 e. The number of halogens is 3. The first kappa shape index (κ1) is 8.57. The highest BCUT2D eigenvalue weighted by atomic mass is 127. The molecule has 60 valence electrons. The van der Waals surface area contributed by atoms with Crippen molar-refractivity contribution in [2.45, 2.75) is 6.61 Å². The lowest BCUT2D eigenvalue weighted by molar-refractivity contribution is -0.0537. The third-order valence-electron chi connectivity index (χ3n) is 0.824. The van der Waals surface area contributed by atoms with Crippen molar-refractivity contribution in [3.05, 3.63) is 16.1 Å². The van der Waals surface area contributed by atoms with Crippen molar-refractivity contribution in [1.29, 1.82) is 0 Å². The Morgan fingerprint density at radius 3 is 2.55 bits per heavy atom. The quantitative estimate of drug-likeness (QED) is 0.768. The van der Waals surface area contributed by atoms with E-state index in [1.807, 2.05) is 0 Å². The molecule has 0 spiro atoms. The van der Waals surface area contributed by atoms with E-state index in [2.05, 4.69) is 14.7 Å². The number of hydrogen-bond acceptors (Lipinski definition) is 3. The Hall–Kier alpha value is -0.530. The summed E-state index contributed by atoms with van der Waals surface area (Å²) in [6, 6.07) is 0. The second-order valence-corrected chi connectivity index (χ2v) is 2.55. The first-order valence-electron chi connectivity index (χ1n) is 2.61. The molecule has 11 heavy (non-hydrogen) atoms. The molecular formula is C5H3F2IN2O. The molecule has 0 saturated heterocycles. The number of rotatable bonds is 2. The molecule has 1 aromatic rings. The zero-order chi connectivity index (χ0) is 8.27. The fraction of sp³-hybridized carbons (Fsp3) is 0.200. The van der Waals surface area contributed by atoms with E-state index >= 15 is 0 Å². The van der Waals surface area contributed by atoms with Gasteiger partial charge in [-0.3, -0.25) is 0 Å². The summed E-state index contributed by atoms with van der Waals surface area (Å²) in [6.45, 7) is -2.85. The van der Waals surface area contributed by atoms with Crippen LogP contribution in [0.4, 0.5) is 8.78 Å². The van der Waals surface area contributed by atoms with Gasteiger partial charge in [0.15, 0.2) is 3.70 Å². The van der Waals surface area contributed by atoms with E-state index in [-0.39, 0.29) is 5.88 Å². The molecule has 6 heteroatoms. The van der Waals surface area contributed by atoms with Gasteiger partial charge in [-0.05, 0) is 22.6 Å². The predicted molar refractivity (Wildman–Crippen MR) is 41.4 cm³/mol. The second-order valence-electron chi connectivity index (χ2n) is 1.53. The normalized spacial score (nSPS) is 10.2. The van der Waals surface area contributed by atoms with Gasteiger partial charge in [-0.2, -0.15) is 8.78 Å². The Kier molecular flexibility index (Phi) is 2.92. The van der Waals surface area contributed by atoms with Crippen LogP contribution >= 0.6 is 22.6 Å². The molecule has 3 nitrogen and oxygen atoms in total. The summed E-state index contributed by atoms with van der Waals surface area (Å²) in [5, 5.41) is 0. The Morgan fingerprint density at radius 2 is 2.00 bits per heavy atom. The number of hydrogen-bond donors (Lipinski definition) is 0. The van der Waals surface area contributed by atoms with Crippen molar-refractivity contribution in [2.75, 3.05) is 0 Å². The van der Waals surface area contributed by atoms with Crippen LogP contribution in [0.5, 0.6) is 5.88 Å². The van der Waals surface area contributed by atoms with Gasteiger partial charge in [0, 0.05) is 12.4 Å². The van der Waals surface area contributed by atoms with E-state index in [9.17, 15) is 8.78 Å². The molecule has 1 heterocycles. The summed E-state index contributed by atoms with van der Waals surface area (Å²) in [5.41, 5.74) is 0. The van der Waals surface area contributed by atoms with Crippen LogP contribution in [0.1, 0.15) is 0 Å². The van der Waals surface area contributed by atoms with E-state index < -0.39 is 6.61 Å². The third kappa shape index (κ3) is 2.52. The summed E-state index contributed by atoms with van der Waals surface area (Å²) < 4.78 is 27.6. The minimum Gasteiger partial charge on any atom is -0.414 e. The standard InChI is InChI=1S/C5H3F2IN2O/c6-5(7)11-4-3(8)9-1-2-10-4/h1-2,5H. The van der Waals surface area contributed by atoms with Crippen molar-refractivity contribution in [3.63, 3.8) is 0 Å². The molecule has 0 saturated carbocycles. The van der Waals surface area contributed by atoms with Crippen LogP contribution in [0, 0.1) is 3.70 Å². The summed E-state index contributed by atoms with van der Waals surface area (Å²) >= 11 is 1.76. The molecule has 0 amide bonds. The van der Waals surface area contributed by atoms with Gasteiger partial charge >= 0.3 is 6.61 Å². The molecule has 0 radical (unpaired) electrons. The number of nitrogens with zero attached hydrogens (tertiary/aromatic N) is 2. The fourth-order valence-corrected chi connectivity index (χ4v) is 0.899. The molecule has 0 aliphatic rings. The van der Waals surface area contributed by atoms with Crippen LogP contribution in [0.15, 0.2) is 12.4 Å². The molecule has 0 fully saturated rings. The van der Waals surface area contributed by atoms with E-state index in [1.165, 1.54) is 12.4 Å². The van der Waals surface area contributed by atoms with Crippen molar-refractivity contribution >= 4 is 22.6 Å². The van der Waals surface area contributed by atoms with Crippen molar-refractivity contribution in [1.82, 2.24) is 9.97 Å². The van der Waals surface area contributed by atoms with Gasteiger partial charge in [-0.15, -0.1) is 0 Å². The lowest BCUT2D eigenvalue weighted by Gasteiger charge is -2.02. The average Bonchev–Trinajstić information content (AvgIpc) is 1.93. The zero-order valence-electron chi connectivity index (χ0n) is 5.17. The molecule has 0 unspecified atom stereocenters. The van der Waals surface area contributed by atoms with E-state index in [0.717, 1.165) is 0 Å². The van der Waals surface area contributed by atoms with E-state index in [4.69, 9.17) is 0 Å². The van der Waals surface area contributed by atoms with Crippen LogP contribution < -0.4 is 4.74 Å². The first-order valence-corrected chi connectivity index (χ1v) is 3.69. The maximum absolute atomic E-state index is 11.6. The summed E-state index contributed by atoms with van der Waals surface area (Å²) in [4.78, 5) is 7.24. The van der Waals surface area contributed by atoms with Gasteiger partial charge < -0.3 is 4.74 Å². The van der Waals surface area contributed by atoms with Crippen molar-refractivity contribution in [2.24, 2.45) is 0 Å². The summed E-state index contributed by atoms with van der Waals surface area (Å²) in [7, 11) is 0. The molecule has 1 aromatic heterocycles. The summed E-state index contributed by atoms with van der Waals surface area (Å²) in [5.74, 6) is -0.136. The van der Waals surface area contributed by atoms with Crippen LogP contribution in [0.25, 0.3) is 0 Å². The smallest absolute Gasteiger partial charge is 0.388 e. The Balaban J connectivity index is 2.78. The maximum Gasteiger partial charge on any atom is 0.388 e. The highest BCUT2D eigenvalue weighted by Gasteiger charge is 2.08. The van der Waals surface area contributed by atoms with Gasteiger partial charge in [0.2, 0.25) is 0 Å². The van der Waals surface area contributed by atoms with E-state index in [1.54, 1.807) is 22.6 Å². The molecule has 0 aliphatic heterocycles. The Morgan fingerprint density at radius 1 is 1.36 bits per heavy atom. The molecular weight excluding hydrogens is 269 g/mol. The number of ether oxygens (including phenoxy) is 1. The minimum atomic E-state index is -2.85. The molecule has 0 atom stereocenters. The van der Waals surface area contributed by atoms with Gasteiger partial charge in [0.1, 0.15) is 0 Å². The minimum absolute atomic E-state index is 0.136. The predicted octanol–water partition coefficient (Wildman–Crippen LogP) is 1.68. The summed E-state index contributed by atoms with van der Waals surface area (Å²) in [6.07, 6.45) is 2.69. The Labute approximate surface area is 74.9 Å². The van der Waals surface area contributed by atoms with Crippen LogP contribution in [0.2, 0.25) is 0 Å². The van der Waals surface area contributed by atoms with Gasteiger partial charge in [-0.25, -0.2) is 9.97 Å². The highest BCUT2D eigenvalue weighted by molar-refractivity contribution is 14.1. The lowest BCUT2D eigenvalue weighted by atomic mass is 10.7. The molecule has 0 aliphatic carbocycles. The van der Waals surface area contributed by atoms with E-state index in [0.29, 0.717) is 3.70 Å². The Bertz CT molecular complexity index is 246. The van der Waals surface area contributed by atoms with Crippen LogP contribution in [-0.4, -0.2) is 16.6 Å².